The highest BCUT2D eigenvalue weighted by Crippen LogP contribution is 2.15. The summed E-state index contributed by atoms with van der Waals surface area (Å²) in [6.07, 6.45) is 1.58. The highest BCUT2D eigenvalue weighted by molar-refractivity contribution is 9.10. The molecule has 0 spiro atoms. The zero-order chi connectivity index (χ0) is 20.0. The van der Waals surface area contributed by atoms with E-state index in [1.807, 2.05) is 0 Å². The van der Waals surface area contributed by atoms with Crippen LogP contribution in [-0.2, 0) is 14.8 Å². The summed E-state index contributed by atoms with van der Waals surface area (Å²) in [4.78, 5) is 27.0. The molecule has 0 fully saturated rings. The molecule has 0 radical (unpaired) electrons. The van der Waals surface area contributed by atoms with Gasteiger partial charge in [0.2, 0.25) is 10.0 Å². The number of hydrogen-bond donors (Lipinski definition) is 4. The lowest BCUT2D eigenvalue weighted by Gasteiger charge is -2.11. The Morgan fingerprint density at radius 1 is 1.19 bits per heavy atom. The highest BCUT2D eigenvalue weighted by Gasteiger charge is 2.18. The fourth-order valence-electron chi connectivity index (χ4n) is 2.12. The Kier molecular flexibility index (Phi) is 7.13. The number of carbonyl (C=O) groups is 2. The molecule has 2 aromatic rings. The molecule has 2 amide bonds. The summed E-state index contributed by atoms with van der Waals surface area (Å²) < 4.78 is 32.4. The monoisotopic (exact) mass is 458 g/mol. The van der Waals surface area contributed by atoms with Crippen LogP contribution >= 0.6 is 15.9 Å². The lowest BCUT2D eigenvalue weighted by atomic mass is 10.1. The third-order valence-electron chi connectivity index (χ3n) is 3.54. The van der Waals surface area contributed by atoms with Gasteiger partial charge in [0.15, 0.2) is 0 Å². The Balaban J connectivity index is 2.10. The van der Waals surface area contributed by atoms with Gasteiger partial charge in [-0.3, -0.25) is 20.4 Å². The van der Waals surface area contributed by atoms with E-state index in [1.54, 1.807) is 19.2 Å². The van der Waals surface area contributed by atoms with E-state index < -0.39 is 21.8 Å². The molecule has 4 N–H and O–H groups in total. The number of aryl methyl sites for hydroxylation is 1. The van der Waals surface area contributed by atoms with Crippen molar-refractivity contribution in [3.05, 3.63) is 51.8 Å². The average molecular weight is 459 g/mol. The summed E-state index contributed by atoms with van der Waals surface area (Å²) in [6.45, 7) is 1.99. The number of halogens is 1. The molecule has 1 heterocycles. The number of benzene rings is 1. The summed E-state index contributed by atoms with van der Waals surface area (Å²) in [5, 5.41) is 0. The molecule has 0 aliphatic rings. The second kappa shape index (κ2) is 9.13. The van der Waals surface area contributed by atoms with Crippen LogP contribution in [-0.4, -0.2) is 45.5 Å². The molecule has 1 aromatic heterocycles. The molecule has 27 heavy (non-hydrogen) atoms. The number of amides is 2. The first-order chi connectivity index (χ1) is 12.7. The van der Waals surface area contributed by atoms with E-state index in [0.29, 0.717) is 10.0 Å². The summed E-state index contributed by atoms with van der Waals surface area (Å²) in [6, 6.07) is 5.71. The smallest absolute Gasteiger partial charge is 0.286 e. The van der Waals surface area contributed by atoms with Gasteiger partial charge in [0, 0.05) is 29.9 Å². The van der Waals surface area contributed by atoms with Crippen LogP contribution in [0.25, 0.3) is 0 Å². The molecule has 1 aromatic carbocycles. The maximum Gasteiger partial charge on any atom is 0.286 e. The van der Waals surface area contributed by atoms with Crippen LogP contribution in [0.2, 0.25) is 0 Å². The van der Waals surface area contributed by atoms with Crippen LogP contribution in [0.5, 0.6) is 0 Å². The van der Waals surface area contributed by atoms with Crippen LogP contribution in [0.1, 0.15) is 26.4 Å². The number of nitrogens with one attached hydrogen (secondary N) is 4. The molecule has 9 nitrogen and oxygen atoms in total. The quantitative estimate of drug-likeness (QED) is 0.364. The van der Waals surface area contributed by atoms with Crippen molar-refractivity contribution < 1.29 is 22.7 Å². The lowest BCUT2D eigenvalue weighted by molar-refractivity contribution is 0.0844. The van der Waals surface area contributed by atoms with E-state index in [9.17, 15) is 18.0 Å². The number of hydrazine groups is 1. The van der Waals surface area contributed by atoms with Crippen LogP contribution in [0, 0.1) is 6.92 Å². The second-order valence-corrected chi connectivity index (χ2v) is 8.19. The topological polar surface area (TPSA) is 129 Å². The molecule has 146 valence electrons. The molecule has 2 rings (SSSR count). The zero-order valence-corrected chi connectivity index (χ0v) is 17.0. The highest BCUT2D eigenvalue weighted by atomic mass is 79.9. The Morgan fingerprint density at radius 3 is 2.52 bits per heavy atom. The lowest BCUT2D eigenvalue weighted by Crippen LogP contribution is -2.42. The molecule has 0 unspecified atom stereocenters. The van der Waals surface area contributed by atoms with Gasteiger partial charge in [-0.15, -0.1) is 0 Å². The number of hydrogen-bond acceptors (Lipinski definition) is 5. The standard InChI is InChI=1S/C16H19BrN4O5S/c1-10-3-4-12(27(24,25)19-5-6-26-2)8-13(10)15(22)20-21-16(23)14-7-11(17)9-18-14/h3-4,7-9,18-19H,5-6H2,1-2H3,(H,20,22)(H,21,23). The Labute approximate surface area is 165 Å². The van der Waals surface area contributed by atoms with Gasteiger partial charge in [-0.2, -0.15) is 0 Å². The maximum atomic E-state index is 12.4. The second-order valence-electron chi connectivity index (χ2n) is 5.51. The van der Waals surface area contributed by atoms with Gasteiger partial charge in [-0.1, -0.05) is 6.07 Å². The first-order valence-corrected chi connectivity index (χ1v) is 10.1. The third-order valence-corrected chi connectivity index (χ3v) is 5.46. The van der Waals surface area contributed by atoms with E-state index in [1.165, 1.54) is 25.3 Å². The van der Waals surface area contributed by atoms with Crippen molar-refractivity contribution in [3.8, 4) is 0 Å². The number of methoxy groups -OCH3 is 1. The molecular formula is C16H19BrN4O5S. The number of aromatic amines is 1. The van der Waals surface area contributed by atoms with Crippen molar-refractivity contribution in [3.63, 3.8) is 0 Å². The number of sulfonamides is 1. The van der Waals surface area contributed by atoms with Crippen molar-refractivity contribution >= 4 is 37.8 Å². The van der Waals surface area contributed by atoms with Crippen LogP contribution < -0.4 is 15.6 Å². The number of aromatic nitrogens is 1. The minimum Gasteiger partial charge on any atom is -0.383 e. The Bertz CT molecular complexity index is 942. The van der Waals surface area contributed by atoms with Gasteiger partial charge >= 0.3 is 0 Å². The van der Waals surface area contributed by atoms with Gasteiger partial charge in [-0.25, -0.2) is 13.1 Å². The minimum atomic E-state index is -3.78. The number of rotatable bonds is 7. The number of carbonyl (C=O) groups excluding carboxylic acids is 2. The van der Waals surface area contributed by atoms with Gasteiger partial charge in [0.05, 0.1) is 11.5 Å². The predicted molar refractivity (Wildman–Crippen MR) is 102 cm³/mol. The van der Waals surface area contributed by atoms with E-state index in [2.05, 4.69) is 36.5 Å². The van der Waals surface area contributed by atoms with E-state index in [0.717, 1.165) is 0 Å². The summed E-state index contributed by atoms with van der Waals surface area (Å²) in [5.41, 5.74) is 5.46. The molecule has 0 saturated heterocycles. The minimum absolute atomic E-state index is 0.0611. The van der Waals surface area contributed by atoms with Crippen molar-refractivity contribution in [2.24, 2.45) is 0 Å². The summed E-state index contributed by atoms with van der Waals surface area (Å²) in [5.74, 6) is -1.18. The van der Waals surface area contributed by atoms with Crippen molar-refractivity contribution in [1.29, 1.82) is 0 Å². The maximum absolute atomic E-state index is 12.4. The van der Waals surface area contributed by atoms with Gasteiger partial charge in [0.1, 0.15) is 5.69 Å². The predicted octanol–water partition coefficient (Wildman–Crippen LogP) is 1.09. The first-order valence-electron chi connectivity index (χ1n) is 7.78. The van der Waals surface area contributed by atoms with Crippen molar-refractivity contribution in [2.75, 3.05) is 20.3 Å². The molecular weight excluding hydrogens is 440 g/mol. The zero-order valence-electron chi connectivity index (χ0n) is 14.6. The fourth-order valence-corrected chi connectivity index (χ4v) is 3.50. The Morgan fingerprint density at radius 2 is 1.89 bits per heavy atom. The van der Waals surface area contributed by atoms with E-state index >= 15 is 0 Å². The number of H-pyrrole nitrogens is 1. The number of ether oxygens (including phenoxy) is 1. The third kappa shape index (κ3) is 5.63. The van der Waals surface area contributed by atoms with Gasteiger partial charge < -0.3 is 9.72 Å². The summed E-state index contributed by atoms with van der Waals surface area (Å²) >= 11 is 3.21. The van der Waals surface area contributed by atoms with Crippen LogP contribution in [0.15, 0.2) is 39.8 Å². The normalized spacial score (nSPS) is 11.2. The van der Waals surface area contributed by atoms with Crippen molar-refractivity contribution in [1.82, 2.24) is 20.6 Å². The van der Waals surface area contributed by atoms with E-state index in [4.69, 9.17) is 4.74 Å². The fraction of sp³-hybridized carbons (Fsp3) is 0.250. The van der Waals surface area contributed by atoms with Gasteiger partial charge in [0.25, 0.3) is 11.8 Å². The van der Waals surface area contributed by atoms with Crippen LogP contribution in [0.4, 0.5) is 0 Å². The van der Waals surface area contributed by atoms with E-state index in [-0.39, 0.29) is 29.3 Å². The van der Waals surface area contributed by atoms with Gasteiger partial charge in [-0.05, 0) is 46.6 Å². The molecule has 0 saturated carbocycles. The van der Waals surface area contributed by atoms with Crippen LogP contribution in [0.3, 0.4) is 0 Å². The average Bonchev–Trinajstić information content (AvgIpc) is 3.06. The SMILES string of the molecule is COCCNS(=O)(=O)c1ccc(C)c(C(=O)NNC(=O)c2cc(Br)c[nH]2)c1. The molecule has 0 bridgehead atoms. The summed E-state index contributed by atoms with van der Waals surface area (Å²) in [7, 11) is -2.32. The molecule has 0 aliphatic heterocycles. The largest absolute Gasteiger partial charge is 0.383 e. The first kappa shape index (κ1) is 21.1. The molecule has 0 atom stereocenters. The Hall–Kier alpha value is -2.21. The molecule has 0 aliphatic carbocycles. The molecule has 11 heteroatoms. The van der Waals surface area contributed by atoms with Crippen molar-refractivity contribution in [2.45, 2.75) is 11.8 Å².